The van der Waals surface area contributed by atoms with Crippen LogP contribution in [-0.2, 0) is 6.54 Å². The summed E-state index contributed by atoms with van der Waals surface area (Å²) in [6.07, 6.45) is 1.78. The molecule has 2 rings (SSSR count). The molecule has 0 amide bonds. The van der Waals surface area contributed by atoms with E-state index in [1.54, 1.807) is 6.21 Å². The normalized spacial score (nSPS) is 10.6. The number of hydrogen-bond acceptors (Lipinski definition) is 3. The smallest absolute Gasteiger partial charge is 0.0556 e. The van der Waals surface area contributed by atoms with Crippen LogP contribution >= 0.6 is 0 Å². The fourth-order valence-corrected chi connectivity index (χ4v) is 1.43. The summed E-state index contributed by atoms with van der Waals surface area (Å²) in [6, 6.07) is 20.1. The molecule has 0 radical (unpaired) electrons. The van der Waals surface area contributed by atoms with Crippen LogP contribution in [0, 0.1) is 0 Å². The van der Waals surface area contributed by atoms with Crippen LogP contribution in [0.25, 0.3) is 0 Å². The maximum atomic E-state index is 4.07. The number of hydrogen-bond donors (Lipinski definition) is 2. The minimum Gasteiger partial charge on any atom is -0.243 e. The molecule has 0 heterocycles. The van der Waals surface area contributed by atoms with Gasteiger partial charge in [-0.25, -0.2) is 11.0 Å². The molecule has 0 atom stereocenters. The Morgan fingerprint density at radius 3 is 2.24 bits per heavy atom. The summed E-state index contributed by atoms with van der Waals surface area (Å²) < 4.78 is 0. The first-order valence-electron chi connectivity index (χ1n) is 5.55. The van der Waals surface area contributed by atoms with Gasteiger partial charge in [0.1, 0.15) is 0 Å². The lowest BCUT2D eigenvalue weighted by Crippen LogP contribution is -2.26. The minimum absolute atomic E-state index is 0.743. The fourth-order valence-electron chi connectivity index (χ4n) is 1.43. The molecular formula is C14H15N3. The van der Waals surface area contributed by atoms with E-state index in [1.807, 2.05) is 48.5 Å². The fraction of sp³-hybridized carbons (Fsp3) is 0.0714. The Bertz CT molecular complexity index is 451. The first-order valence-corrected chi connectivity index (χ1v) is 5.55. The van der Waals surface area contributed by atoms with Crippen molar-refractivity contribution in [1.29, 1.82) is 0 Å². The lowest BCUT2D eigenvalue weighted by atomic mass is 10.2. The maximum absolute atomic E-state index is 4.07. The van der Waals surface area contributed by atoms with Gasteiger partial charge in [0.25, 0.3) is 0 Å². The number of hydrazone groups is 1. The average Bonchev–Trinajstić information content (AvgIpc) is 2.41. The molecule has 2 aromatic rings. The van der Waals surface area contributed by atoms with E-state index >= 15 is 0 Å². The molecule has 0 saturated heterocycles. The summed E-state index contributed by atoms with van der Waals surface area (Å²) in [5.41, 5.74) is 8.11. The number of benzene rings is 2. The zero-order chi connectivity index (χ0) is 11.8. The monoisotopic (exact) mass is 225 g/mol. The van der Waals surface area contributed by atoms with Gasteiger partial charge < -0.3 is 0 Å². The Labute approximate surface area is 101 Å². The Morgan fingerprint density at radius 1 is 0.882 bits per heavy atom. The Hall–Kier alpha value is -2.13. The molecular weight excluding hydrogens is 210 g/mol. The molecule has 3 nitrogen and oxygen atoms in total. The second-order valence-electron chi connectivity index (χ2n) is 3.62. The zero-order valence-electron chi connectivity index (χ0n) is 9.51. The molecule has 86 valence electrons. The van der Waals surface area contributed by atoms with E-state index in [9.17, 15) is 0 Å². The van der Waals surface area contributed by atoms with Crippen LogP contribution in [0.4, 0.5) is 0 Å². The molecule has 2 N–H and O–H groups in total. The lowest BCUT2D eigenvalue weighted by Gasteiger charge is -2.02. The van der Waals surface area contributed by atoms with Crippen molar-refractivity contribution in [2.24, 2.45) is 5.10 Å². The van der Waals surface area contributed by atoms with Gasteiger partial charge in [0.05, 0.1) is 6.21 Å². The molecule has 0 bridgehead atoms. The molecule has 0 spiro atoms. The highest BCUT2D eigenvalue weighted by atomic mass is 15.5. The standard InChI is InChI=1S/C14H15N3/c1-3-7-13(8-4-1)11-15-17-16-12-14-9-5-2-6-10-14/h1-11,16-17H,12H2. The van der Waals surface area contributed by atoms with Crippen LogP contribution in [0.3, 0.4) is 0 Å². The van der Waals surface area contributed by atoms with Crippen molar-refractivity contribution in [2.45, 2.75) is 6.54 Å². The van der Waals surface area contributed by atoms with Gasteiger partial charge >= 0.3 is 0 Å². The minimum atomic E-state index is 0.743. The van der Waals surface area contributed by atoms with E-state index in [4.69, 9.17) is 0 Å². The summed E-state index contributed by atoms with van der Waals surface area (Å²) in [4.78, 5) is 0. The third-order valence-electron chi connectivity index (χ3n) is 2.29. The number of rotatable bonds is 5. The van der Waals surface area contributed by atoms with Crippen LogP contribution in [0.15, 0.2) is 65.8 Å². The van der Waals surface area contributed by atoms with Gasteiger partial charge in [-0.3, -0.25) is 0 Å². The van der Waals surface area contributed by atoms with Gasteiger partial charge in [0.2, 0.25) is 0 Å². The topological polar surface area (TPSA) is 36.4 Å². The molecule has 0 aromatic heterocycles. The van der Waals surface area contributed by atoms with Crippen LogP contribution in [0.1, 0.15) is 11.1 Å². The van der Waals surface area contributed by atoms with Crippen molar-refractivity contribution in [3.63, 3.8) is 0 Å². The Balaban J connectivity index is 1.72. The first-order chi connectivity index (χ1) is 8.45. The molecule has 3 heteroatoms. The molecule has 0 unspecified atom stereocenters. The third kappa shape index (κ3) is 4.09. The molecule has 17 heavy (non-hydrogen) atoms. The quantitative estimate of drug-likeness (QED) is 0.465. The highest BCUT2D eigenvalue weighted by molar-refractivity contribution is 5.79. The van der Waals surface area contributed by atoms with E-state index in [2.05, 4.69) is 28.2 Å². The van der Waals surface area contributed by atoms with E-state index in [0.29, 0.717) is 0 Å². The second kappa shape index (κ2) is 6.45. The highest BCUT2D eigenvalue weighted by Crippen LogP contribution is 1.96. The van der Waals surface area contributed by atoms with E-state index in [-0.39, 0.29) is 0 Å². The Kier molecular flexibility index (Phi) is 4.31. The predicted octanol–water partition coefficient (Wildman–Crippen LogP) is 2.31. The average molecular weight is 225 g/mol. The lowest BCUT2D eigenvalue weighted by molar-refractivity contribution is 0.557. The van der Waals surface area contributed by atoms with Crippen LogP contribution in [0.2, 0.25) is 0 Å². The first kappa shape index (κ1) is 11.4. The van der Waals surface area contributed by atoms with Crippen molar-refractivity contribution in [3.05, 3.63) is 71.8 Å². The van der Waals surface area contributed by atoms with Gasteiger partial charge in [-0.15, -0.1) is 0 Å². The van der Waals surface area contributed by atoms with Crippen LogP contribution < -0.4 is 11.0 Å². The van der Waals surface area contributed by atoms with Gasteiger partial charge in [-0.2, -0.15) is 5.10 Å². The molecule has 0 aliphatic heterocycles. The zero-order valence-corrected chi connectivity index (χ0v) is 9.51. The summed E-state index contributed by atoms with van der Waals surface area (Å²) >= 11 is 0. The number of hydrazine groups is 1. The number of nitrogens with one attached hydrogen (secondary N) is 2. The predicted molar refractivity (Wildman–Crippen MR) is 70.5 cm³/mol. The maximum Gasteiger partial charge on any atom is 0.0556 e. The molecule has 0 saturated carbocycles. The molecule has 0 fully saturated rings. The molecule has 0 aliphatic carbocycles. The Morgan fingerprint density at radius 2 is 1.53 bits per heavy atom. The van der Waals surface area contributed by atoms with Gasteiger partial charge in [0, 0.05) is 6.54 Å². The summed E-state index contributed by atoms with van der Waals surface area (Å²) in [6.45, 7) is 0.743. The van der Waals surface area contributed by atoms with E-state index in [0.717, 1.165) is 12.1 Å². The van der Waals surface area contributed by atoms with Crippen molar-refractivity contribution < 1.29 is 0 Å². The summed E-state index contributed by atoms with van der Waals surface area (Å²) in [5.74, 6) is 0. The largest absolute Gasteiger partial charge is 0.243 e. The van der Waals surface area contributed by atoms with Crippen LogP contribution in [-0.4, -0.2) is 6.21 Å². The van der Waals surface area contributed by atoms with Crippen molar-refractivity contribution in [3.8, 4) is 0 Å². The molecule has 0 aliphatic rings. The van der Waals surface area contributed by atoms with Crippen LogP contribution in [0.5, 0.6) is 0 Å². The van der Waals surface area contributed by atoms with Crippen molar-refractivity contribution in [1.82, 2.24) is 11.0 Å². The number of nitrogens with zero attached hydrogens (tertiary/aromatic N) is 1. The van der Waals surface area contributed by atoms with Gasteiger partial charge in [-0.05, 0) is 11.1 Å². The third-order valence-corrected chi connectivity index (χ3v) is 2.29. The highest BCUT2D eigenvalue weighted by Gasteiger charge is 1.87. The summed E-state index contributed by atoms with van der Waals surface area (Å²) in [7, 11) is 0. The molecule has 2 aromatic carbocycles. The van der Waals surface area contributed by atoms with Crippen molar-refractivity contribution >= 4 is 6.21 Å². The second-order valence-corrected chi connectivity index (χ2v) is 3.62. The summed E-state index contributed by atoms with van der Waals surface area (Å²) in [5, 5.41) is 4.07. The van der Waals surface area contributed by atoms with Crippen molar-refractivity contribution in [2.75, 3.05) is 0 Å². The van der Waals surface area contributed by atoms with E-state index in [1.165, 1.54) is 5.56 Å². The van der Waals surface area contributed by atoms with E-state index < -0.39 is 0 Å². The van der Waals surface area contributed by atoms with Gasteiger partial charge in [0.15, 0.2) is 0 Å². The van der Waals surface area contributed by atoms with Gasteiger partial charge in [-0.1, -0.05) is 60.7 Å². The SMILES string of the molecule is C(=NNNCc1ccccc1)c1ccccc1.